The second-order valence-electron chi connectivity index (χ2n) is 6.84. The second-order valence-corrected chi connectivity index (χ2v) is 7.65. The molecule has 0 radical (unpaired) electrons. The van der Waals surface area contributed by atoms with Crippen molar-refractivity contribution in [2.45, 2.75) is 18.9 Å². The van der Waals surface area contributed by atoms with Crippen LogP contribution in [-0.4, -0.2) is 19.8 Å². The summed E-state index contributed by atoms with van der Waals surface area (Å²) in [5.41, 5.74) is 4.02. The van der Waals surface area contributed by atoms with Crippen molar-refractivity contribution >= 4 is 34.1 Å². The number of aryl methyl sites for hydroxylation is 1. The van der Waals surface area contributed by atoms with Crippen molar-refractivity contribution in [2.24, 2.45) is 0 Å². The van der Waals surface area contributed by atoms with E-state index in [9.17, 15) is 10.2 Å². The molecule has 1 aliphatic rings. The number of para-hydroxylation sites is 1. The van der Waals surface area contributed by atoms with Crippen LogP contribution >= 0.6 is 23.2 Å². The molecule has 136 valence electrons. The highest BCUT2D eigenvalue weighted by molar-refractivity contribution is 6.39. The molecule has 0 fully saturated rings. The van der Waals surface area contributed by atoms with Gasteiger partial charge in [0.1, 0.15) is 0 Å². The molecule has 27 heavy (non-hydrogen) atoms. The third-order valence-corrected chi connectivity index (χ3v) is 6.02. The van der Waals surface area contributed by atoms with Crippen molar-refractivity contribution in [3.05, 3.63) is 69.8 Å². The first-order valence-electron chi connectivity index (χ1n) is 8.73. The van der Waals surface area contributed by atoms with Crippen molar-refractivity contribution in [2.75, 3.05) is 0 Å². The molecule has 0 amide bonds. The van der Waals surface area contributed by atoms with Gasteiger partial charge in [0.05, 0.1) is 27.2 Å². The number of rotatable bonds is 2. The lowest BCUT2D eigenvalue weighted by atomic mass is 9.91. The smallest absolute Gasteiger partial charge is 0.199 e. The van der Waals surface area contributed by atoms with Crippen molar-refractivity contribution in [3.63, 3.8) is 0 Å². The number of benzene rings is 2. The van der Waals surface area contributed by atoms with Crippen LogP contribution in [0.25, 0.3) is 22.0 Å². The quantitative estimate of drug-likeness (QED) is 0.394. The molecule has 2 aromatic heterocycles. The van der Waals surface area contributed by atoms with Crippen LogP contribution < -0.4 is 0 Å². The number of hydrogen-bond donors (Lipinski definition) is 3. The molecule has 3 N–H and O–H groups in total. The summed E-state index contributed by atoms with van der Waals surface area (Å²) in [4.78, 5) is 2.66. The number of halogens is 2. The molecule has 0 bridgehead atoms. The summed E-state index contributed by atoms with van der Waals surface area (Å²) in [5, 5.41) is 23.2. The zero-order valence-electron chi connectivity index (χ0n) is 14.2. The molecule has 4 aromatic rings. The van der Waals surface area contributed by atoms with Crippen LogP contribution in [0.3, 0.4) is 0 Å². The van der Waals surface area contributed by atoms with E-state index in [0.29, 0.717) is 26.7 Å². The Morgan fingerprint density at radius 3 is 2.44 bits per heavy atom. The average molecular weight is 399 g/mol. The maximum Gasteiger partial charge on any atom is 0.199 e. The zero-order valence-corrected chi connectivity index (χ0v) is 15.7. The molecule has 0 saturated heterocycles. The van der Waals surface area contributed by atoms with Crippen LogP contribution in [0, 0.1) is 0 Å². The first-order chi connectivity index (χ1) is 13.1. The van der Waals surface area contributed by atoms with Gasteiger partial charge in [0.15, 0.2) is 11.8 Å². The molecule has 4 nitrogen and oxygen atoms in total. The van der Waals surface area contributed by atoms with Crippen LogP contribution in [0.5, 0.6) is 11.8 Å². The highest BCUT2D eigenvalue weighted by atomic mass is 35.5. The molecule has 3 heterocycles. The number of aromatic amines is 1. The Kier molecular flexibility index (Phi) is 3.67. The van der Waals surface area contributed by atoms with Crippen molar-refractivity contribution in [3.8, 4) is 22.9 Å². The van der Waals surface area contributed by atoms with Crippen molar-refractivity contribution < 1.29 is 10.2 Å². The Bertz CT molecular complexity index is 1170. The molecule has 1 atom stereocenters. The molecular formula is C21H16Cl2N2O2. The summed E-state index contributed by atoms with van der Waals surface area (Å²) >= 11 is 12.8. The van der Waals surface area contributed by atoms with Gasteiger partial charge in [0.25, 0.3) is 0 Å². The Labute approximate surface area is 165 Å². The molecule has 2 aromatic carbocycles. The Balaban J connectivity index is 1.78. The number of aromatic hydroxyl groups is 2. The normalized spacial score (nSPS) is 16.1. The van der Waals surface area contributed by atoms with E-state index in [4.69, 9.17) is 23.2 Å². The Morgan fingerprint density at radius 2 is 1.67 bits per heavy atom. The predicted octanol–water partition coefficient (Wildman–Crippen LogP) is 5.89. The number of H-pyrrole nitrogens is 1. The summed E-state index contributed by atoms with van der Waals surface area (Å²) in [7, 11) is 0. The largest absolute Gasteiger partial charge is 0.494 e. The van der Waals surface area contributed by atoms with Gasteiger partial charge >= 0.3 is 0 Å². The van der Waals surface area contributed by atoms with Gasteiger partial charge in [0, 0.05) is 17.3 Å². The summed E-state index contributed by atoms with van der Waals surface area (Å²) < 4.78 is 2.16. The van der Waals surface area contributed by atoms with Gasteiger partial charge in [-0.3, -0.25) is 4.98 Å². The molecule has 0 spiro atoms. The van der Waals surface area contributed by atoms with Gasteiger partial charge in [-0.1, -0.05) is 47.5 Å². The first-order valence-corrected chi connectivity index (χ1v) is 9.48. The topological polar surface area (TPSA) is 61.2 Å². The molecule has 1 unspecified atom stereocenters. The summed E-state index contributed by atoms with van der Waals surface area (Å²) in [5.74, 6) is -0.204. The third kappa shape index (κ3) is 2.37. The van der Waals surface area contributed by atoms with E-state index in [1.54, 1.807) is 18.2 Å². The lowest BCUT2D eigenvalue weighted by molar-refractivity contribution is 0.416. The Morgan fingerprint density at radius 1 is 0.926 bits per heavy atom. The van der Waals surface area contributed by atoms with Crippen LogP contribution in [0.15, 0.2) is 48.7 Å². The minimum Gasteiger partial charge on any atom is -0.494 e. The average Bonchev–Trinajstić information content (AvgIpc) is 3.19. The van der Waals surface area contributed by atoms with Gasteiger partial charge in [-0.25, -0.2) is 0 Å². The fraction of sp³-hybridized carbons (Fsp3) is 0.143. The van der Waals surface area contributed by atoms with E-state index >= 15 is 0 Å². The lowest BCUT2D eigenvalue weighted by Gasteiger charge is -2.27. The molecule has 1 aliphatic heterocycles. The van der Waals surface area contributed by atoms with E-state index in [0.717, 1.165) is 23.7 Å². The Hall–Kier alpha value is -2.56. The van der Waals surface area contributed by atoms with Gasteiger partial charge in [-0.2, -0.15) is 0 Å². The van der Waals surface area contributed by atoms with Crippen LogP contribution in [0.1, 0.15) is 23.6 Å². The van der Waals surface area contributed by atoms with Gasteiger partial charge < -0.3 is 14.8 Å². The molecule has 6 heteroatoms. The maximum absolute atomic E-state index is 10.6. The van der Waals surface area contributed by atoms with E-state index in [1.165, 1.54) is 5.56 Å². The van der Waals surface area contributed by atoms with E-state index < -0.39 is 0 Å². The van der Waals surface area contributed by atoms with E-state index in [1.807, 2.05) is 6.20 Å². The first kappa shape index (κ1) is 16.6. The lowest BCUT2D eigenvalue weighted by Crippen LogP contribution is -2.16. The summed E-state index contributed by atoms with van der Waals surface area (Å²) in [6, 6.07) is 13.4. The van der Waals surface area contributed by atoms with Gasteiger partial charge in [0.2, 0.25) is 0 Å². The minimum atomic E-state index is -0.142. The summed E-state index contributed by atoms with van der Waals surface area (Å²) in [6.07, 6.45) is 3.70. The standard InChI is InChI=1S/C21H16Cl2N2O2/c22-13-5-2-6-14(23)16(13)18-17(20(26)24-21(18)27)15-8-7-11-3-1-4-12-9-10-25(15)19(11)12/h1-6,9-10,15,24,26-27H,7-8H2. The van der Waals surface area contributed by atoms with Crippen LogP contribution in [0.2, 0.25) is 10.0 Å². The van der Waals surface area contributed by atoms with Crippen molar-refractivity contribution in [1.29, 1.82) is 0 Å². The van der Waals surface area contributed by atoms with Gasteiger partial charge in [-0.15, -0.1) is 0 Å². The second kappa shape index (κ2) is 5.98. The molecule has 0 aliphatic carbocycles. The molecular weight excluding hydrogens is 383 g/mol. The highest BCUT2D eigenvalue weighted by Gasteiger charge is 2.31. The number of nitrogens with one attached hydrogen (secondary N) is 1. The highest BCUT2D eigenvalue weighted by Crippen LogP contribution is 2.49. The third-order valence-electron chi connectivity index (χ3n) is 5.39. The maximum atomic E-state index is 10.6. The SMILES string of the molecule is Oc1[nH]c(O)c(C2CCc3cccc4ccn2c34)c1-c1c(Cl)cccc1Cl. The van der Waals surface area contributed by atoms with Crippen LogP contribution in [0.4, 0.5) is 0 Å². The molecule has 5 rings (SSSR count). The van der Waals surface area contributed by atoms with Gasteiger partial charge in [-0.05, 0) is 42.0 Å². The predicted molar refractivity (Wildman–Crippen MR) is 108 cm³/mol. The zero-order chi connectivity index (χ0) is 18.7. The number of nitrogens with zero attached hydrogens (tertiary/aromatic N) is 1. The van der Waals surface area contributed by atoms with E-state index in [-0.39, 0.29) is 17.8 Å². The monoisotopic (exact) mass is 398 g/mol. The molecule has 0 saturated carbocycles. The minimum absolute atomic E-state index is 0.0651. The summed E-state index contributed by atoms with van der Waals surface area (Å²) in [6.45, 7) is 0. The number of hydrogen-bond acceptors (Lipinski definition) is 2. The fourth-order valence-corrected chi connectivity index (χ4v) is 4.86. The van der Waals surface area contributed by atoms with E-state index in [2.05, 4.69) is 33.8 Å². The fourth-order valence-electron chi connectivity index (χ4n) is 4.27. The van der Waals surface area contributed by atoms with Crippen molar-refractivity contribution in [1.82, 2.24) is 9.55 Å². The van der Waals surface area contributed by atoms with Crippen LogP contribution in [-0.2, 0) is 6.42 Å². The number of aromatic nitrogens is 2.